The van der Waals surface area contributed by atoms with E-state index in [4.69, 9.17) is 9.47 Å². The smallest absolute Gasteiger partial charge is 0.246 e. The van der Waals surface area contributed by atoms with Crippen LogP contribution in [0.4, 0.5) is 0 Å². The van der Waals surface area contributed by atoms with Crippen molar-refractivity contribution >= 4 is 15.9 Å². The Morgan fingerprint density at radius 2 is 1.78 bits per heavy atom. The van der Waals surface area contributed by atoms with Crippen LogP contribution >= 0.6 is 0 Å². The second-order valence-corrected chi connectivity index (χ2v) is 13.6. The molecule has 2 fully saturated rings. The molecule has 1 aromatic heterocycles. The number of nitrogens with zero attached hydrogens (tertiary/aromatic N) is 4. The third-order valence-electron chi connectivity index (χ3n) is 8.93. The van der Waals surface area contributed by atoms with Crippen LogP contribution in [0.3, 0.4) is 0 Å². The van der Waals surface area contributed by atoms with Crippen molar-refractivity contribution in [1.82, 2.24) is 24.0 Å². The van der Waals surface area contributed by atoms with E-state index in [1.165, 1.54) is 10.7 Å². The van der Waals surface area contributed by atoms with E-state index >= 15 is 0 Å². The summed E-state index contributed by atoms with van der Waals surface area (Å²) in [6.07, 6.45) is 6.21. The number of aryl methyl sites for hydroxylation is 2. The lowest BCUT2D eigenvalue weighted by Gasteiger charge is -2.41. The molecule has 1 saturated carbocycles. The molecule has 1 saturated heterocycles. The van der Waals surface area contributed by atoms with Gasteiger partial charge in [0, 0.05) is 63.2 Å². The molecule has 226 valence electrons. The number of fused-ring (bicyclic) bond motifs is 1. The number of ether oxygens (including phenoxy) is 2. The molecular weight excluding hydrogens is 542 g/mol. The number of benzene rings is 1. The van der Waals surface area contributed by atoms with Crippen molar-refractivity contribution in [2.75, 3.05) is 60.1 Å². The van der Waals surface area contributed by atoms with E-state index in [0.29, 0.717) is 40.9 Å². The topological polar surface area (TPSA) is 96.3 Å². The Kier molecular flexibility index (Phi) is 9.40. The van der Waals surface area contributed by atoms with Crippen LogP contribution in [-0.2, 0) is 26.1 Å². The summed E-state index contributed by atoms with van der Waals surface area (Å²) in [5.74, 6) is 0.488. The highest BCUT2D eigenvalue weighted by molar-refractivity contribution is 7.89. The Hall–Kier alpha value is -2.44. The van der Waals surface area contributed by atoms with Crippen LogP contribution in [0, 0.1) is 13.8 Å². The number of nitrogens with one attached hydrogen (secondary N) is 1. The first-order valence-corrected chi connectivity index (χ1v) is 16.2. The number of hydrogen-bond donors (Lipinski definition) is 1. The number of piperazine rings is 1. The van der Waals surface area contributed by atoms with Crippen molar-refractivity contribution in [1.29, 1.82) is 0 Å². The molecule has 3 atom stereocenters. The van der Waals surface area contributed by atoms with Crippen molar-refractivity contribution in [2.45, 2.75) is 69.1 Å². The number of hydrogen-bond acceptors (Lipinski definition) is 7. The third-order valence-corrected chi connectivity index (χ3v) is 11.1. The Morgan fingerprint density at radius 1 is 1.05 bits per heavy atom. The van der Waals surface area contributed by atoms with Gasteiger partial charge >= 0.3 is 0 Å². The van der Waals surface area contributed by atoms with Crippen molar-refractivity contribution in [3.8, 4) is 5.75 Å². The third kappa shape index (κ3) is 6.64. The highest BCUT2D eigenvalue weighted by Crippen LogP contribution is 2.35. The van der Waals surface area contributed by atoms with Gasteiger partial charge in [0.2, 0.25) is 15.9 Å². The van der Waals surface area contributed by atoms with Crippen LogP contribution in [0.15, 0.2) is 35.4 Å². The van der Waals surface area contributed by atoms with Crippen molar-refractivity contribution in [3.63, 3.8) is 0 Å². The van der Waals surface area contributed by atoms with Gasteiger partial charge in [-0.25, -0.2) is 8.42 Å². The second-order valence-electron chi connectivity index (χ2n) is 11.8. The first-order valence-electron chi connectivity index (χ1n) is 14.8. The van der Waals surface area contributed by atoms with Crippen LogP contribution in [0.2, 0.25) is 0 Å². The van der Waals surface area contributed by atoms with Crippen LogP contribution < -0.4 is 10.1 Å². The van der Waals surface area contributed by atoms with E-state index in [0.717, 1.165) is 51.1 Å². The number of likely N-dealkylation sites (N-methyl/N-ethyl adjacent to an activating group) is 1. The molecule has 1 N–H and O–H groups in total. The minimum atomic E-state index is -3.84. The van der Waals surface area contributed by atoms with Gasteiger partial charge in [-0.05, 0) is 82.0 Å². The Bertz CT molecular complexity index is 1300. The quantitative estimate of drug-likeness (QED) is 0.482. The maximum atomic E-state index is 14.0. The summed E-state index contributed by atoms with van der Waals surface area (Å²) in [6.45, 7) is 8.84. The average molecular weight is 588 g/mol. The summed E-state index contributed by atoms with van der Waals surface area (Å²) < 4.78 is 43.0. The maximum absolute atomic E-state index is 14.0. The first-order chi connectivity index (χ1) is 19.7. The number of aromatic nitrogens is 1. The molecule has 0 spiro atoms. The molecule has 2 aromatic rings. The molecule has 1 aliphatic carbocycles. The number of methoxy groups -OCH3 is 1. The van der Waals surface area contributed by atoms with Gasteiger partial charge in [-0.2, -0.15) is 4.31 Å². The Balaban J connectivity index is 1.22. The molecule has 1 amide bonds. The lowest BCUT2D eigenvalue weighted by molar-refractivity contribution is -0.127. The maximum Gasteiger partial charge on any atom is 0.246 e. The van der Waals surface area contributed by atoms with E-state index in [1.54, 1.807) is 33.1 Å². The van der Waals surface area contributed by atoms with E-state index in [-0.39, 0.29) is 25.2 Å². The minimum absolute atomic E-state index is 0.0959. The van der Waals surface area contributed by atoms with E-state index in [9.17, 15) is 13.2 Å². The van der Waals surface area contributed by atoms with Crippen molar-refractivity contribution in [3.05, 3.63) is 47.3 Å². The van der Waals surface area contributed by atoms with E-state index in [2.05, 4.69) is 26.7 Å². The van der Waals surface area contributed by atoms with Gasteiger partial charge in [0.05, 0.1) is 24.7 Å². The number of sulfonamides is 1. The molecule has 3 heterocycles. The molecule has 0 bridgehead atoms. The normalized spacial score (nSPS) is 24.6. The monoisotopic (exact) mass is 587 g/mol. The van der Waals surface area contributed by atoms with Gasteiger partial charge in [-0.1, -0.05) is 0 Å². The highest BCUT2D eigenvalue weighted by atomic mass is 32.2. The molecule has 5 rings (SSSR count). The fourth-order valence-corrected chi connectivity index (χ4v) is 8.79. The van der Waals surface area contributed by atoms with Crippen molar-refractivity contribution in [2.24, 2.45) is 0 Å². The number of carbonyl (C=O) groups excluding carboxylic acids is 1. The zero-order valence-corrected chi connectivity index (χ0v) is 25.7. The second kappa shape index (κ2) is 12.8. The fourth-order valence-electron chi connectivity index (χ4n) is 6.80. The summed E-state index contributed by atoms with van der Waals surface area (Å²) >= 11 is 0. The molecule has 10 nitrogen and oxygen atoms in total. The summed E-state index contributed by atoms with van der Waals surface area (Å²) in [5, 5.41) is 3.19. The lowest BCUT2D eigenvalue weighted by Crippen LogP contribution is -2.52. The van der Waals surface area contributed by atoms with Gasteiger partial charge in [-0.15, -0.1) is 0 Å². The molecule has 41 heavy (non-hydrogen) atoms. The zero-order chi connectivity index (χ0) is 29.1. The zero-order valence-electron chi connectivity index (χ0n) is 24.8. The summed E-state index contributed by atoms with van der Waals surface area (Å²) in [6, 6.07) is 7.49. The lowest BCUT2D eigenvalue weighted by atomic mass is 9.89. The predicted octanol–water partition coefficient (Wildman–Crippen LogP) is 2.55. The number of rotatable bonds is 9. The molecule has 3 aliphatic rings. The fraction of sp³-hybridized carbons (Fsp3) is 0.633. The standard InChI is InChI=1S/C30H45N5O5S/c1-22-17-26(39-4)18-23(2)30(22)41(37,38)35-16-15-34-10-6-9-27(34)28(35)20-40-21-29(36)31-24-7-5-8-25(19-24)33-13-11-32(3)12-14-33/h6,9-10,17-18,24-25,28H,5,7-8,11-16,19-21H2,1-4H3,(H,31,36)/t24-,25+,28?/m0/s1. The molecule has 1 aromatic carbocycles. The SMILES string of the molecule is COc1cc(C)c(S(=O)(=O)N2CCn3cccc3C2COCC(=O)N[C@H]2CCC[C@@H](N3CCN(C)CC3)C2)c(C)c1. The van der Waals surface area contributed by atoms with Gasteiger partial charge in [-0.3, -0.25) is 9.69 Å². The molecule has 2 aliphatic heterocycles. The van der Waals surface area contributed by atoms with E-state index < -0.39 is 16.1 Å². The molecule has 11 heteroatoms. The van der Waals surface area contributed by atoms with Crippen molar-refractivity contribution < 1.29 is 22.7 Å². The van der Waals surface area contributed by atoms with Gasteiger partial charge in [0.25, 0.3) is 0 Å². The molecule has 0 radical (unpaired) electrons. The van der Waals surface area contributed by atoms with Crippen LogP contribution in [-0.4, -0.2) is 105 Å². The number of carbonyl (C=O) groups is 1. The minimum Gasteiger partial charge on any atom is -0.497 e. The number of amides is 1. The van der Waals surface area contributed by atoms with Crippen LogP contribution in [0.1, 0.15) is 48.5 Å². The van der Waals surface area contributed by atoms with E-state index in [1.807, 2.05) is 18.3 Å². The van der Waals surface area contributed by atoms with Gasteiger partial charge in [0.1, 0.15) is 12.4 Å². The largest absolute Gasteiger partial charge is 0.497 e. The summed E-state index contributed by atoms with van der Waals surface area (Å²) in [7, 11) is -0.0931. The molecular formula is C30H45N5O5S. The Labute approximate surface area is 244 Å². The highest BCUT2D eigenvalue weighted by Gasteiger charge is 2.38. The van der Waals surface area contributed by atoms with Gasteiger partial charge < -0.3 is 24.3 Å². The summed E-state index contributed by atoms with van der Waals surface area (Å²) in [4.78, 5) is 18.2. The molecule has 1 unspecified atom stereocenters. The van der Waals surface area contributed by atoms with Crippen LogP contribution in [0.5, 0.6) is 5.75 Å². The average Bonchev–Trinajstić information content (AvgIpc) is 3.42. The predicted molar refractivity (Wildman–Crippen MR) is 158 cm³/mol. The van der Waals surface area contributed by atoms with Crippen LogP contribution in [0.25, 0.3) is 0 Å². The Morgan fingerprint density at radius 3 is 2.49 bits per heavy atom. The first kappa shape index (κ1) is 30.0. The summed E-state index contributed by atoms with van der Waals surface area (Å²) in [5.41, 5.74) is 2.15. The van der Waals surface area contributed by atoms with Gasteiger partial charge in [0.15, 0.2) is 0 Å².